The number of rotatable bonds is 7. The second-order valence-corrected chi connectivity index (χ2v) is 6.02. The molecule has 0 saturated heterocycles. The van der Waals surface area contributed by atoms with E-state index in [4.69, 9.17) is 5.73 Å². The molecule has 1 aromatic rings. The molecule has 21 heavy (non-hydrogen) atoms. The number of unbranched alkanes of at least 4 members (excludes halogenated alkanes) is 5. The van der Waals surface area contributed by atoms with E-state index >= 15 is 0 Å². The molecule has 116 valence electrons. The van der Waals surface area contributed by atoms with Gasteiger partial charge in [0.2, 0.25) is 5.91 Å². The lowest BCUT2D eigenvalue weighted by Crippen LogP contribution is -2.38. The maximum atomic E-state index is 12.4. The molecule has 0 aromatic heterocycles. The molecule has 3 heteroatoms. The van der Waals surface area contributed by atoms with Crippen molar-refractivity contribution in [3.05, 3.63) is 29.8 Å². The van der Waals surface area contributed by atoms with Crippen molar-refractivity contribution in [1.82, 2.24) is 0 Å². The Morgan fingerprint density at radius 3 is 2.71 bits per heavy atom. The highest BCUT2D eigenvalue weighted by atomic mass is 16.2. The first-order valence-corrected chi connectivity index (χ1v) is 8.39. The van der Waals surface area contributed by atoms with Crippen molar-refractivity contribution in [2.75, 3.05) is 11.4 Å². The van der Waals surface area contributed by atoms with Crippen LogP contribution in [0, 0.1) is 0 Å². The molecule has 0 radical (unpaired) electrons. The molecule has 1 atom stereocenters. The predicted molar refractivity (Wildman–Crippen MR) is 88.3 cm³/mol. The second kappa shape index (κ2) is 8.18. The zero-order valence-corrected chi connectivity index (χ0v) is 13.2. The highest BCUT2D eigenvalue weighted by Crippen LogP contribution is 2.32. The molecule has 1 aromatic carbocycles. The van der Waals surface area contributed by atoms with E-state index in [0.717, 1.165) is 30.6 Å². The van der Waals surface area contributed by atoms with Gasteiger partial charge in [0.1, 0.15) is 0 Å². The molecule has 0 spiro atoms. The number of amides is 1. The summed E-state index contributed by atoms with van der Waals surface area (Å²) in [6, 6.07) is 8.12. The summed E-state index contributed by atoms with van der Waals surface area (Å²) >= 11 is 0. The van der Waals surface area contributed by atoms with Crippen molar-refractivity contribution in [1.29, 1.82) is 0 Å². The molecule has 0 fully saturated rings. The summed E-state index contributed by atoms with van der Waals surface area (Å²) in [6.45, 7) is 2.98. The molecule has 0 aliphatic carbocycles. The van der Waals surface area contributed by atoms with Gasteiger partial charge in [-0.3, -0.25) is 4.79 Å². The van der Waals surface area contributed by atoms with Crippen LogP contribution in [0.3, 0.4) is 0 Å². The minimum absolute atomic E-state index is 0.0688. The molecule has 3 nitrogen and oxygen atoms in total. The monoisotopic (exact) mass is 288 g/mol. The van der Waals surface area contributed by atoms with Crippen LogP contribution in [0.4, 0.5) is 5.69 Å². The average molecular weight is 288 g/mol. The van der Waals surface area contributed by atoms with Crippen LogP contribution in [-0.4, -0.2) is 12.5 Å². The maximum Gasteiger partial charge on any atom is 0.226 e. The van der Waals surface area contributed by atoms with E-state index in [1.807, 2.05) is 29.2 Å². The summed E-state index contributed by atoms with van der Waals surface area (Å²) in [4.78, 5) is 14.4. The minimum atomic E-state index is 0.0688. The molecule has 1 aliphatic heterocycles. The molecule has 1 heterocycles. The summed E-state index contributed by atoms with van der Waals surface area (Å²) in [6.07, 6.45) is 8.83. The zero-order valence-electron chi connectivity index (χ0n) is 13.2. The second-order valence-electron chi connectivity index (χ2n) is 6.02. The quantitative estimate of drug-likeness (QED) is 0.765. The topological polar surface area (TPSA) is 46.3 Å². The van der Waals surface area contributed by atoms with E-state index in [0.29, 0.717) is 6.42 Å². The van der Waals surface area contributed by atoms with E-state index in [2.05, 4.69) is 6.92 Å². The van der Waals surface area contributed by atoms with Gasteiger partial charge in [-0.2, -0.15) is 0 Å². The van der Waals surface area contributed by atoms with Crippen LogP contribution in [0.5, 0.6) is 0 Å². The number of carbonyl (C=O) groups is 1. The van der Waals surface area contributed by atoms with Crippen molar-refractivity contribution in [3.8, 4) is 0 Å². The van der Waals surface area contributed by atoms with Crippen molar-refractivity contribution >= 4 is 11.6 Å². The number of benzene rings is 1. The van der Waals surface area contributed by atoms with E-state index < -0.39 is 0 Å². The van der Waals surface area contributed by atoms with Crippen molar-refractivity contribution in [3.63, 3.8) is 0 Å². The third-order valence-corrected chi connectivity index (χ3v) is 4.34. The number of nitrogens with zero attached hydrogens (tertiary/aromatic N) is 1. The van der Waals surface area contributed by atoms with Gasteiger partial charge < -0.3 is 10.6 Å². The Morgan fingerprint density at radius 1 is 1.19 bits per heavy atom. The van der Waals surface area contributed by atoms with Gasteiger partial charge in [-0.25, -0.2) is 0 Å². The van der Waals surface area contributed by atoms with Crippen LogP contribution in [0.1, 0.15) is 69.9 Å². The van der Waals surface area contributed by atoms with Crippen LogP contribution >= 0.6 is 0 Å². The molecule has 1 amide bonds. The number of hydrogen-bond donors (Lipinski definition) is 1. The third-order valence-electron chi connectivity index (χ3n) is 4.34. The molecule has 2 N–H and O–H groups in total. The minimum Gasteiger partial charge on any atom is -0.324 e. The van der Waals surface area contributed by atoms with Crippen LogP contribution in [0.25, 0.3) is 0 Å². The Kier molecular flexibility index (Phi) is 6.24. The fourth-order valence-corrected chi connectivity index (χ4v) is 3.04. The lowest BCUT2D eigenvalue weighted by atomic mass is 9.96. The summed E-state index contributed by atoms with van der Waals surface area (Å²) in [5.74, 6) is 0.254. The van der Waals surface area contributed by atoms with Crippen LogP contribution in [-0.2, 0) is 4.79 Å². The van der Waals surface area contributed by atoms with E-state index in [-0.39, 0.29) is 11.9 Å². The molecular weight excluding hydrogens is 260 g/mol. The molecule has 0 saturated carbocycles. The first kappa shape index (κ1) is 16.0. The van der Waals surface area contributed by atoms with Gasteiger partial charge in [0, 0.05) is 24.7 Å². The van der Waals surface area contributed by atoms with Gasteiger partial charge in [-0.1, -0.05) is 57.2 Å². The van der Waals surface area contributed by atoms with Crippen LogP contribution in [0.15, 0.2) is 24.3 Å². The molecule has 2 rings (SSSR count). The zero-order chi connectivity index (χ0) is 15.1. The largest absolute Gasteiger partial charge is 0.324 e. The number of carbonyl (C=O) groups excluding carboxylic acids is 1. The summed E-state index contributed by atoms with van der Waals surface area (Å²) in [5, 5.41) is 0. The van der Waals surface area contributed by atoms with Gasteiger partial charge >= 0.3 is 0 Å². The highest BCUT2D eigenvalue weighted by Gasteiger charge is 2.25. The number of fused-ring (bicyclic) bond motifs is 1. The maximum absolute atomic E-state index is 12.4. The van der Waals surface area contributed by atoms with Gasteiger partial charge in [0.25, 0.3) is 0 Å². The lowest BCUT2D eigenvalue weighted by molar-refractivity contribution is -0.118. The van der Waals surface area contributed by atoms with Gasteiger partial charge in [-0.05, 0) is 24.5 Å². The fourth-order valence-electron chi connectivity index (χ4n) is 3.04. The Morgan fingerprint density at radius 2 is 1.90 bits per heavy atom. The number of hydrogen-bond acceptors (Lipinski definition) is 2. The average Bonchev–Trinajstić information content (AvgIpc) is 2.51. The highest BCUT2D eigenvalue weighted by molar-refractivity contribution is 5.94. The summed E-state index contributed by atoms with van der Waals surface area (Å²) < 4.78 is 0. The van der Waals surface area contributed by atoms with Crippen molar-refractivity contribution in [2.45, 2.75) is 64.3 Å². The lowest BCUT2D eigenvalue weighted by Gasteiger charge is -2.32. The van der Waals surface area contributed by atoms with Crippen molar-refractivity contribution in [2.24, 2.45) is 5.73 Å². The number of anilines is 1. The first-order valence-electron chi connectivity index (χ1n) is 8.39. The third kappa shape index (κ3) is 4.31. The number of para-hydroxylation sites is 1. The molecule has 0 bridgehead atoms. The van der Waals surface area contributed by atoms with Crippen LogP contribution in [0.2, 0.25) is 0 Å². The van der Waals surface area contributed by atoms with Gasteiger partial charge in [0.05, 0.1) is 0 Å². The Labute approximate surface area is 128 Å². The normalized spacial score (nSPS) is 17.6. The van der Waals surface area contributed by atoms with Crippen molar-refractivity contribution < 1.29 is 4.79 Å². The Hall–Kier alpha value is -1.35. The fraction of sp³-hybridized carbons (Fsp3) is 0.611. The van der Waals surface area contributed by atoms with Gasteiger partial charge in [0.15, 0.2) is 0 Å². The molecular formula is C18H28N2O. The van der Waals surface area contributed by atoms with E-state index in [9.17, 15) is 4.79 Å². The standard InChI is InChI=1S/C18H28N2O/c1-2-3-4-5-6-7-12-18(21)20-14-13-16(19)15-10-8-9-11-17(15)20/h8-11,16H,2-7,12-14,19H2,1H3. The number of nitrogens with two attached hydrogens (primary N) is 1. The van der Waals surface area contributed by atoms with E-state index in [1.165, 1.54) is 32.1 Å². The molecule has 1 aliphatic rings. The Balaban J connectivity index is 1.85. The van der Waals surface area contributed by atoms with Gasteiger partial charge in [-0.15, -0.1) is 0 Å². The summed E-state index contributed by atoms with van der Waals surface area (Å²) in [7, 11) is 0. The SMILES string of the molecule is CCCCCCCCC(=O)N1CCC(N)c2ccccc21. The smallest absolute Gasteiger partial charge is 0.226 e. The van der Waals surface area contributed by atoms with E-state index in [1.54, 1.807) is 0 Å². The first-order chi connectivity index (χ1) is 10.2. The summed E-state index contributed by atoms with van der Waals surface area (Å²) in [5.41, 5.74) is 8.27. The Bertz CT molecular complexity index is 458. The predicted octanol–water partition coefficient (Wildman–Crippen LogP) is 4.17. The van der Waals surface area contributed by atoms with Crippen LogP contribution < -0.4 is 10.6 Å². The molecule has 1 unspecified atom stereocenters.